The second-order valence-corrected chi connectivity index (χ2v) is 6.09. The molecule has 2 aromatic carbocycles. The number of aryl methyl sites for hydroxylation is 1. The number of ether oxygens (including phenoxy) is 1. The average Bonchev–Trinajstić information content (AvgIpc) is 2.74. The second-order valence-electron chi connectivity index (χ2n) is 6.09. The molecule has 2 aromatic heterocycles. The molecule has 0 radical (unpaired) electrons. The van der Waals surface area contributed by atoms with E-state index in [9.17, 15) is 0 Å². The average molecular weight is 388 g/mol. The molecule has 7 heteroatoms. The molecule has 146 valence electrons. The zero-order valence-corrected chi connectivity index (χ0v) is 15.8. The fraction of sp³-hybridized carbons (Fsp3) is 0.0909. The zero-order chi connectivity index (χ0) is 20.6. The van der Waals surface area contributed by atoms with Crippen molar-refractivity contribution in [1.29, 1.82) is 0 Å². The first-order chi connectivity index (χ1) is 14.1. The third-order valence-corrected chi connectivity index (χ3v) is 4.29. The van der Waals surface area contributed by atoms with Gasteiger partial charge in [-0.1, -0.05) is 48.5 Å². The van der Waals surface area contributed by atoms with Crippen LogP contribution in [-0.4, -0.2) is 26.5 Å². The van der Waals surface area contributed by atoms with Crippen molar-refractivity contribution < 1.29 is 14.6 Å². The molecule has 0 bridgehead atoms. The molecular formula is C22H20N4O3. The highest BCUT2D eigenvalue weighted by molar-refractivity contribution is 5.89. The minimum Gasteiger partial charge on any atom is -0.483 e. The summed E-state index contributed by atoms with van der Waals surface area (Å²) in [6.45, 7) is 2.17. The molecule has 2 heterocycles. The molecule has 0 aliphatic carbocycles. The molecule has 0 atom stereocenters. The van der Waals surface area contributed by atoms with Gasteiger partial charge in [-0.3, -0.25) is 4.79 Å². The molecule has 7 nitrogen and oxygen atoms in total. The number of para-hydroxylation sites is 1. The fourth-order valence-electron chi connectivity index (χ4n) is 3.11. The molecule has 0 unspecified atom stereocenters. The summed E-state index contributed by atoms with van der Waals surface area (Å²) in [4.78, 5) is 21.2. The summed E-state index contributed by atoms with van der Waals surface area (Å²) in [5.74, 6) is 0.623. The van der Waals surface area contributed by atoms with Crippen LogP contribution in [0.2, 0.25) is 0 Å². The lowest BCUT2D eigenvalue weighted by molar-refractivity contribution is -0.122. The monoisotopic (exact) mass is 388 g/mol. The van der Waals surface area contributed by atoms with E-state index in [1.807, 2.05) is 36.4 Å². The van der Waals surface area contributed by atoms with Crippen molar-refractivity contribution in [3.63, 3.8) is 0 Å². The van der Waals surface area contributed by atoms with Gasteiger partial charge in [0.05, 0.1) is 11.2 Å². The molecule has 0 saturated heterocycles. The summed E-state index contributed by atoms with van der Waals surface area (Å²) in [7, 11) is 0. The number of aromatic nitrogens is 3. The normalized spacial score (nSPS) is 10.1. The van der Waals surface area contributed by atoms with Crippen molar-refractivity contribution in [2.45, 2.75) is 13.5 Å². The molecule has 0 fully saturated rings. The standard InChI is InChI=1S/C21H18N4O.CH2O2/c1-14-16-9-5-6-10-17(16)24-18(20(14)15-7-3-2-4-8-15)13-26-19-11-12-23-21(22)25-19;2-1-3/h2-12H,13H2,1H3,(H2,22,23,25);1H,(H,2,3). The van der Waals surface area contributed by atoms with E-state index in [2.05, 4.69) is 35.1 Å². The number of nitrogens with zero attached hydrogens (tertiary/aromatic N) is 3. The number of anilines is 1. The number of fused-ring (bicyclic) bond motifs is 1. The largest absolute Gasteiger partial charge is 0.483 e. The molecular weight excluding hydrogens is 368 g/mol. The van der Waals surface area contributed by atoms with E-state index in [0.29, 0.717) is 12.5 Å². The van der Waals surface area contributed by atoms with Crippen molar-refractivity contribution in [3.05, 3.63) is 78.1 Å². The molecule has 4 rings (SSSR count). The minimum atomic E-state index is -0.250. The number of hydrogen-bond acceptors (Lipinski definition) is 6. The summed E-state index contributed by atoms with van der Waals surface area (Å²) in [6, 6.07) is 20.1. The van der Waals surface area contributed by atoms with Gasteiger partial charge in [-0.15, -0.1) is 0 Å². The highest BCUT2D eigenvalue weighted by Gasteiger charge is 2.14. The Morgan fingerprint density at radius 3 is 2.45 bits per heavy atom. The Labute approximate surface area is 167 Å². The van der Waals surface area contributed by atoms with E-state index < -0.39 is 0 Å². The van der Waals surface area contributed by atoms with E-state index in [1.54, 1.807) is 12.3 Å². The summed E-state index contributed by atoms with van der Waals surface area (Å²) in [5.41, 5.74) is 10.8. The Bertz CT molecular complexity index is 1120. The smallest absolute Gasteiger partial charge is 0.290 e. The van der Waals surface area contributed by atoms with E-state index in [1.165, 1.54) is 5.56 Å². The number of nitrogen functional groups attached to an aromatic ring is 1. The summed E-state index contributed by atoms with van der Waals surface area (Å²) < 4.78 is 5.85. The Kier molecular flexibility index (Phi) is 6.32. The van der Waals surface area contributed by atoms with E-state index in [4.69, 9.17) is 25.4 Å². The van der Waals surface area contributed by atoms with Crippen LogP contribution in [0, 0.1) is 6.92 Å². The SMILES string of the molecule is Cc1c(-c2ccccc2)c(COc2ccnc(N)n2)nc2ccccc12.O=CO. The lowest BCUT2D eigenvalue weighted by Gasteiger charge is -2.15. The molecule has 0 aliphatic heterocycles. The minimum absolute atomic E-state index is 0.188. The van der Waals surface area contributed by atoms with E-state index in [-0.39, 0.29) is 12.4 Å². The first-order valence-corrected chi connectivity index (χ1v) is 8.87. The van der Waals surface area contributed by atoms with Crippen LogP contribution < -0.4 is 10.5 Å². The summed E-state index contributed by atoms with van der Waals surface area (Å²) >= 11 is 0. The molecule has 0 spiro atoms. The van der Waals surface area contributed by atoms with Gasteiger partial charge in [0.15, 0.2) is 0 Å². The molecule has 0 aliphatic rings. The van der Waals surface area contributed by atoms with Gasteiger partial charge in [-0.25, -0.2) is 9.97 Å². The molecule has 0 amide bonds. The van der Waals surface area contributed by atoms with Crippen LogP contribution in [0.5, 0.6) is 5.88 Å². The van der Waals surface area contributed by atoms with Gasteiger partial charge < -0.3 is 15.6 Å². The maximum absolute atomic E-state index is 8.36. The fourth-order valence-corrected chi connectivity index (χ4v) is 3.11. The first kappa shape index (κ1) is 19.8. The van der Waals surface area contributed by atoms with Crippen molar-refractivity contribution in [2.75, 3.05) is 5.73 Å². The third-order valence-electron chi connectivity index (χ3n) is 4.29. The van der Waals surface area contributed by atoms with Crippen LogP contribution in [0.4, 0.5) is 5.95 Å². The summed E-state index contributed by atoms with van der Waals surface area (Å²) in [5, 5.41) is 8.03. The maximum Gasteiger partial charge on any atom is 0.290 e. The molecule has 4 aromatic rings. The topological polar surface area (TPSA) is 111 Å². The number of carbonyl (C=O) groups is 1. The summed E-state index contributed by atoms with van der Waals surface area (Å²) in [6.07, 6.45) is 1.58. The lowest BCUT2D eigenvalue weighted by Crippen LogP contribution is -2.05. The molecule has 0 saturated carbocycles. The van der Waals surface area contributed by atoms with Crippen LogP contribution >= 0.6 is 0 Å². The van der Waals surface area contributed by atoms with Crippen molar-refractivity contribution >= 4 is 23.3 Å². The number of carboxylic acid groups (broad SMARTS) is 1. The second kappa shape index (κ2) is 9.27. The van der Waals surface area contributed by atoms with Crippen LogP contribution in [-0.2, 0) is 11.4 Å². The Hall–Kier alpha value is -4.00. The van der Waals surface area contributed by atoms with Crippen LogP contribution in [0.25, 0.3) is 22.0 Å². The van der Waals surface area contributed by atoms with Gasteiger partial charge in [0, 0.05) is 23.2 Å². The van der Waals surface area contributed by atoms with E-state index >= 15 is 0 Å². The van der Waals surface area contributed by atoms with Crippen LogP contribution in [0.1, 0.15) is 11.3 Å². The van der Waals surface area contributed by atoms with Gasteiger partial charge in [-0.2, -0.15) is 4.98 Å². The number of nitrogens with two attached hydrogens (primary N) is 1. The van der Waals surface area contributed by atoms with Gasteiger partial charge >= 0.3 is 0 Å². The van der Waals surface area contributed by atoms with Crippen LogP contribution in [0.15, 0.2) is 66.9 Å². The Balaban J connectivity index is 0.000000755. The molecule has 29 heavy (non-hydrogen) atoms. The quantitative estimate of drug-likeness (QED) is 0.511. The predicted octanol–water partition coefficient (Wildman–Crippen LogP) is 3.86. The van der Waals surface area contributed by atoms with Gasteiger partial charge in [-0.05, 0) is 24.1 Å². The van der Waals surface area contributed by atoms with Gasteiger partial charge in [0.2, 0.25) is 11.8 Å². The Morgan fingerprint density at radius 2 is 1.72 bits per heavy atom. The van der Waals surface area contributed by atoms with Gasteiger partial charge in [0.25, 0.3) is 6.47 Å². The third kappa shape index (κ3) is 4.65. The van der Waals surface area contributed by atoms with Crippen LogP contribution in [0.3, 0.4) is 0 Å². The van der Waals surface area contributed by atoms with Gasteiger partial charge in [0.1, 0.15) is 6.61 Å². The van der Waals surface area contributed by atoms with Crippen molar-refractivity contribution in [1.82, 2.24) is 15.0 Å². The predicted molar refractivity (Wildman–Crippen MR) is 111 cm³/mol. The first-order valence-electron chi connectivity index (χ1n) is 8.87. The lowest BCUT2D eigenvalue weighted by atomic mass is 9.95. The van der Waals surface area contributed by atoms with Crippen molar-refractivity contribution in [3.8, 4) is 17.0 Å². The highest BCUT2D eigenvalue weighted by atomic mass is 16.5. The van der Waals surface area contributed by atoms with E-state index in [0.717, 1.165) is 27.7 Å². The molecule has 3 N–H and O–H groups in total. The number of rotatable bonds is 4. The highest BCUT2D eigenvalue weighted by Crippen LogP contribution is 2.32. The Morgan fingerprint density at radius 1 is 1.03 bits per heavy atom. The maximum atomic E-state index is 8.36. The zero-order valence-electron chi connectivity index (χ0n) is 15.8. The number of pyridine rings is 1. The number of hydrogen-bond donors (Lipinski definition) is 2. The van der Waals surface area contributed by atoms with Crippen molar-refractivity contribution in [2.24, 2.45) is 0 Å². The number of benzene rings is 2.